The minimum absolute atomic E-state index is 0.0961. The smallest absolute Gasteiger partial charge is 0.387 e. The molecule has 1 aromatic heterocycles. The molecule has 11 heavy (non-hydrogen) atoms. The van der Waals surface area contributed by atoms with Crippen molar-refractivity contribution in [1.82, 2.24) is 4.98 Å². The van der Waals surface area contributed by atoms with Gasteiger partial charge in [-0.25, -0.2) is 4.98 Å². The molecule has 0 saturated heterocycles. The van der Waals surface area contributed by atoms with E-state index >= 15 is 0 Å². The third kappa shape index (κ3) is 2.14. The lowest BCUT2D eigenvalue weighted by molar-refractivity contribution is -0.0505. The second kappa shape index (κ2) is 3.27. The van der Waals surface area contributed by atoms with Crippen LogP contribution in [0.2, 0.25) is 0 Å². The van der Waals surface area contributed by atoms with Crippen LogP contribution in [-0.2, 0) is 0 Å². The van der Waals surface area contributed by atoms with Crippen molar-refractivity contribution in [1.29, 1.82) is 0 Å². The molecule has 1 rings (SSSR count). The Morgan fingerprint density at radius 1 is 1.64 bits per heavy atom. The van der Waals surface area contributed by atoms with E-state index in [-0.39, 0.29) is 5.75 Å². The summed E-state index contributed by atoms with van der Waals surface area (Å²) in [6, 6.07) is 2.82. The number of hydrogen-bond acceptors (Lipinski definition) is 2. The van der Waals surface area contributed by atoms with Crippen molar-refractivity contribution in [2.24, 2.45) is 0 Å². The Hall–Kier alpha value is -1.19. The topological polar surface area (TPSA) is 22.1 Å². The predicted molar refractivity (Wildman–Crippen MR) is 34.4 cm³/mol. The first-order valence-corrected chi connectivity index (χ1v) is 2.98. The van der Waals surface area contributed by atoms with Crippen molar-refractivity contribution in [3.63, 3.8) is 0 Å². The zero-order valence-electron chi connectivity index (χ0n) is 5.84. The van der Waals surface area contributed by atoms with E-state index < -0.39 is 6.61 Å². The highest BCUT2D eigenvalue weighted by molar-refractivity contribution is 5.24. The van der Waals surface area contributed by atoms with Gasteiger partial charge in [0, 0.05) is 0 Å². The van der Waals surface area contributed by atoms with Gasteiger partial charge in [0.25, 0.3) is 0 Å². The monoisotopic (exact) mass is 158 g/mol. The van der Waals surface area contributed by atoms with E-state index in [0.717, 1.165) is 0 Å². The van der Waals surface area contributed by atoms with E-state index in [9.17, 15) is 8.78 Å². The molecule has 4 heteroatoms. The van der Waals surface area contributed by atoms with Gasteiger partial charge in [-0.2, -0.15) is 8.78 Å². The Kier molecular flexibility index (Phi) is 2.36. The average Bonchev–Trinajstić information content (AvgIpc) is 1.93. The van der Waals surface area contributed by atoms with Gasteiger partial charge < -0.3 is 4.74 Å². The molecule has 0 amide bonds. The van der Waals surface area contributed by atoms with E-state index in [2.05, 4.69) is 15.9 Å². The largest absolute Gasteiger partial charge is 0.433 e. The summed E-state index contributed by atoms with van der Waals surface area (Å²) in [4.78, 5) is 3.65. The number of aryl methyl sites for hydroxylation is 1. The van der Waals surface area contributed by atoms with Crippen molar-refractivity contribution in [3.05, 3.63) is 24.0 Å². The lowest BCUT2D eigenvalue weighted by atomic mass is 10.3. The first-order valence-electron chi connectivity index (χ1n) is 2.98. The summed E-state index contributed by atoms with van der Waals surface area (Å²) >= 11 is 0. The third-order valence-electron chi connectivity index (χ3n) is 1.11. The number of aromatic nitrogens is 1. The first kappa shape index (κ1) is 7.91. The fraction of sp³-hybridized carbons (Fsp3) is 0.286. The van der Waals surface area contributed by atoms with Gasteiger partial charge in [0.1, 0.15) is 5.75 Å². The number of alkyl halides is 2. The number of rotatable bonds is 2. The molecule has 59 valence electrons. The number of nitrogens with zero attached hydrogens (tertiary/aromatic N) is 1. The third-order valence-corrected chi connectivity index (χ3v) is 1.11. The summed E-state index contributed by atoms with van der Waals surface area (Å²) in [7, 11) is 0. The van der Waals surface area contributed by atoms with Gasteiger partial charge in [-0.1, -0.05) is 0 Å². The molecule has 0 aliphatic carbocycles. The Bertz CT molecular complexity index is 240. The molecule has 0 fully saturated rings. The number of pyridine rings is 1. The zero-order valence-corrected chi connectivity index (χ0v) is 5.84. The van der Waals surface area contributed by atoms with E-state index in [1.165, 1.54) is 12.1 Å². The molecule has 0 aliphatic heterocycles. The number of hydrogen-bond donors (Lipinski definition) is 0. The van der Waals surface area contributed by atoms with Gasteiger partial charge in [0.15, 0.2) is 0 Å². The van der Waals surface area contributed by atoms with E-state index in [1.807, 2.05) is 0 Å². The van der Waals surface area contributed by atoms with Gasteiger partial charge in [0.2, 0.25) is 0 Å². The summed E-state index contributed by atoms with van der Waals surface area (Å²) in [5.41, 5.74) is 0.410. The number of halogens is 2. The molecule has 2 nitrogen and oxygen atoms in total. The molecule has 1 radical (unpaired) electrons. The molecule has 0 aliphatic rings. The van der Waals surface area contributed by atoms with Gasteiger partial charge in [0.05, 0.1) is 11.9 Å². The molecule has 1 heterocycles. The Balaban J connectivity index is 2.78. The lowest BCUT2D eigenvalue weighted by Crippen LogP contribution is -2.03. The van der Waals surface area contributed by atoms with Crippen molar-refractivity contribution in [2.75, 3.05) is 0 Å². The summed E-state index contributed by atoms with van der Waals surface area (Å²) in [6.45, 7) is -1.22. The predicted octanol–water partition coefficient (Wildman–Crippen LogP) is 1.79. The highest BCUT2D eigenvalue weighted by Crippen LogP contribution is 2.15. The zero-order chi connectivity index (χ0) is 8.27. The SMILES string of the molecule is Cc1n[c]ccc1OC(F)F. The average molecular weight is 158 g/mol. The van der Waals surface area contributed by atoms with Crippen LogP contribution in [0.4, 0.5) is 8.78 Å². The minimum Gasteiger partial charge on any atom is -0.433 e. The van der Waals surface area contributed by atoms with Crippen LogP contribution in [0.25, 0.3) is 0 Å². The fourth-order valence-corrected chi connectivity index (χ4v) is 0.643. The summed E-state index contributed by atoms with van der Waals surface area (Å²) in [6.07, 6.45) is 2.50. The summed E-state index contributed by atoms with van der Waals surface area (Å²) < 4.78 is 27.4. The Morgan fingerprint density at radius 3 is 2.91 bits per heavy atom. The van der Waals surface area contributed by atoms with Crippen LogP contribution in [0.1, 0.15) is 5.69 Å². The molecule has 0 aromatic carbocycles. The maximum atomic E-state index is 11.6. The molecule has 0 bridgehead atoms. The van der Waals surface area contributed by atoms with Crippen LogP contribution < -0.4 is 4.74 Å². The molecule has 1 aromatic rings. The second-order valence-corrected chi connectivity index (χ2v) is 1.90. The van der Waals surface area contributed by atoms with Crippen LogP contribution in [0.5, 0.6) is 5.75 Å². The van der Waals surface area contributed by atoms with Gasteiger partial charge in [-0.3, -0.25) is 0 Å². The van der Waals surface area contributed by atoms with Crippen molar-refractivity contribution in [2.45, 2.75) is 13.5 Å². The van der Waals surface area contributed by atoms with Crippen molar-refractivity contribution < 1.29 is 13.5 Å². The quantitative estimate of drug-likeness (QED) is 0.654. The van der Waals surface area contributed by atoms with Crippen LogP contribution in [-0.4, -0.2) is 11.6 Å². The Labute approximate surface area is 62.8 Å². The molecular weight excluding hydrogens is 152 g/mol. The van der Waals surface area contributed by atoms with Gasteiger partial charge >= 0.3 is 6.61 Å². The van der Waals surface area contributed by atoms with Crippen LogP contribution in [0.15, 0.2) is 12.1 Å². The lowest BCUT2D eigenvalue weighted by Gasteiger charge is -2.04. The summed E-state index contributed by atoms with van der Waals surface area (Å²) in [5, 5.41) is 0. The molecule has 0 atom stereocenters. The maximum absolute atomic E-state index is 11.6. The second-order valence-electron chi connectivity index (χ2n) is 1.90. The molecular formula is C7H6F2NO. The normalized spacial score (nSPS) is 10.2. The fourth-order valence-electron chi connectivity index (χ4n) is 0.643. The first-order chi connectivity index (χ1) is 5.20. The highest BCUT2D eigenvalue weighted by atomic mass is 19.3. The molecule has 0 N–H and O–H groups in total. The van der Waals surface area contributed by atoms with Crippen LogP contribution in [0.3, 0.4) is 0 Å². The highest BCUT2D eigenvalue weighted by Gasteiger charge is 2.05. The standard InChI is InChI=1S/C7H6F2NO/c1-5-6(11-7(8)9)3-2-4-10-5/h2-3,7H,1H3. The Morgan fingerprint density at radius 2 is 2.36 bits per heavy atom. The van der Waals surface area contributed by atoms with Crippen molar-refractivity contribution >= 4 is 0 Å². The molecule has 0 unspecified atom stereocenters. The van der Waals surface area contributed by atoms with Crippen LogP contribution >= 0.6 is 0 Å². The van der Waals surface area contributed by atoms with E-state index in [1.54, 1.807) is 6.92 Å². The van der Waals surface area contributed by atoms with Crippen molar-refractivity contribution in [3.8, 4) is 5.75 Å². The van der Waals surface area contributed by atoms with Crippen LogP contribution in [0, 0.1) is 13.1 Å². The molecule has 0 spiro atoms. The van der Waals surface area contributed by atoms with E-state index in [4.69, 9.17) is 0 Å². The molecule has 0 saturated carbocycles. The van der Waals surface area contributed by atoms with E-state index in [0.29, 0.717) is 5.69 Å². The maximum Gasteiger partial charge on any atom is 0.387 e. The summed E-state index contributed by atoms with van der Waals surface area (Å²) in [5.74, 6) is 0.0961. The number of ether oxygens (including phenoxy) is 1. The van der Waals surface area contributed by atoms with Gasteiger partial charge in [-0.05, 0) is 19.1 Å². The van der Waals surface area contributed by atoms with Gasteiger partial charge in [-0.15, -0.1) is 0 Å². The minimum atomic E-state index is -2.79.